The van der Waals surface area contributed by atoms with E-state index in [0.29, 0.717) is 25.7 Å². The molecule has 0 radical (unpaired) electrons. The molecule has 17 nitrogen and oxygen atoms in total. The van der Waals surface area contributed by atoms with Crippen LogP contribution in [0.3, 0.4) is 0 Å². The smallest absolute Gasteiger partial charge is 0.462 e. The van der Waals surface area contributed by atoms with Gasteiger partial charge in [0, 0.05) is 25.7 Å². The number of carbonyl (C=O) groups is 4. The number of phosphoric ester groups is 2. The third-order valence-corrected chi connectivity index (χ3v) is 18.1. The number of aliphatic hydroxyl groups is 1. The highest BCUT2D eigenvalue weighted by Gasteiger charge is 2.30. The van der Waals surface area contributed by atoms with Crippen LogP contribution < -0.4 is 0 Å². The lowest BCUT2D eigenvalue weighted by molar-refractivity contribution is -0.161. The standard InChI is InChI=1S/C77H138O17P2/c1-5-9-13-17-21-25-29-32-35-38-42-45-49-53-57-61-74(79)87-67-72(93-76(81)63-59-55-51-47-41-28-24-20-16-12-8-4)69-91-95(83,84)89-65-71(78)66-90-96(85,86)92-70-73(94-77(82)64-60-56-52-48-44-40-37-34-31-27-23-19-15-11-7-3)68-88-75(80)62-58-54-50-46-43-39-36-33-30-26-22-18-14-10-6-2/h9,13,21,25,32-37,42,45,71-73,78H,5-8,10-12,14-20,22-24,26-31,38-41,43-44,46-70H2,1-4H3,(H,83,84)(H,85,86)/b13-9-,25-21-,35-32-,36-33-,37-34-,45-42-. The molecular weight excluding hydrogens is 1260 g/mol. The topological polar surface area (TPSA) is 237 Å². The summed E-state index contributed by atoms with van der Waals surface area (Å²) in [5, 5.41) is 10.6. The predicted octanol–water partition coefficient (Wildman–Crippen LogP) is 21.7. The summed E-state index contributed by atoms with van der Waals surface area (Å²) >= 11 is 0. The zero-order valence-electron chi connectivity index (χ0n) is 60.8. The number of carbonyl (C=O) groups excluding carboxylic acids is 4. The van der Waals surface area contributed by atoms with Crippen molar-refractivity contribution >= 4 is 39.5 Å². The second-order valence-electron chi connectivity index (χ2n) is 25.6. The second-order valence-corrected chi connectivity index (χ2v) is 28.5. The van der Waals surface area contributed by atoms with E-state index in [1.54, 1.807) is 0 Å². The minimum absolute atomic E-state index is 0.0861. The van der Waals surface area contributed by atoms with Crippen LogP contribution in [0.2, 0.25) is 0 Å². The Hall–Kier alpha value is -3.50. The van der Waals surface area contributed by atoms with Crippen LogP contribution >= 0.6 is 15.6 Å². The number of phosphoric acid groups is 2. The number of rotatable bonds is 72. The summed E-state index contributed by atoms with van der Waals surface area (Å²) in [6.07, 6.45) is 69.0. The quantitative estimate of drug-likeness (QED) is 0.0169. The van der Waals surface area contributed by atoms with Crippen molar-refractivity contribution in [3.05, 3.63) is 72.9 Å². The Labute approximate surface area is 583 Å². The van der Waals surface area contributed by atoms with Crippen molar-refractivity contribution in [1.29, 1.82) is 0 Å². The molecule has 0 spiro atoms. The maximum Gasteiger partial charge on any atom is 0.472 e. The molecule has 3 N–H and O–H groups in total. The number of unbranched alkanes of at least 4 members (excludes halogenated alkanes) is 34. The Bertz CT molecular complexity index is 2110. The normalized spacial score (nSPS) is 14.4. The molecule has 0 saturated carbocycles. The van der Waals surface area contributed by atoms with Gasteiger partial charge in [0.15, 0.2) is 12.2 Å². The van der Waals surface area contributed by atoms with E-state index in [2.05, 4.69) is 101 Å². The molecule has 19 heteroatoms. The lowest BCUT2D eigenvalue weighted by atomic mass is 10.1. The van der Waals surface area contributed by atoms with Crippen molar-refractivity contribution in [1.82, 2.24) is 0 Å². The Kier molecular flexibility index (Phi) is 67.4. The SMILES string of the molecule is CC/C=C\C/C=C\C/C=C\C/C=C\CCCCC(=O)OCC(COP(=O)(O)OCC(O)COP(=O)(O)OCC(COC(=O)CCCCCCC/C=C\CCCCCCCC)OC(=O)CCCCCCC/C=C\CCCCCCCC)OC(=O)CCCCCCCCCCCCC. The molecule has 0 amide bonds. The van der Waals surface area contributed by atoms with Crippen LogP contribution in [0.5, 0.6) is 0 Å². The fraction of sp³-hybridized carbons (Fsp3) is 0.792. The molecule has 0 saturated heterocycles. The minimum Gasteiger partial charge on any atom is -0.462 e. The van der Waals surface area contributed by atoms with Gasteiger partial charge < -0.3 is 33.8 Å². The molecule has 0 aliphatic rings. The molecule has 558 valence electrons. The first kappa shape index (κ1) is 92.5. The molecule has 0 fully saturated rings. The molecule has 96 heavy (non-hydrogen) atoms. The number of ether oxygens (including phenoxy) is 4. The van der Waals surface area contributed by atoms with E-state index >= 15 is 0 Å². The van der Waals surface area contributed by atoms with Crippen molar-refractivity contribution in [3.63, 3.8) is 0 Å². The van der Waals surface area contributed by atoms with Crippen LogP contribution in [0.1, 0.15) is 336 Å². The molecule has 0 bridgehead atoms. The summed E-state index contributed by atoms with van der Waals surface area (Å²) in [4.78, 5) is 72.8. The average Bonchev–Trinajstić information content (AvgIpc) is 1.11. The Morgan fingerprint density at radius 3 is 0.865 bits per heavy atom. The van der Waals surface area contributed by atoms with Gasteiger partial charge in [-0.15, -0.1) is 0 Å². The van der Waals surface area contributed by atoms with Crippen molar-refractivity contribution in [2.75, 3.05) is 39.6 Å². The summed E-state index contributed by atoms with van der Waals surface area (Å²) in [6, 6.07) is 0. The van der Waals surface area contributed by atoms with E-state index in [4.69, 9.17) is 37.0 Å². The number of hydrogen-bond donors (Lipinski definition) is 3. The summed E-state index contributed by atoms with van der Waals surface area (Å²) in [7, 11) is -9.95. The van der Waals surface area contributed by atoms with E-state index in [-0.39, 0.29) is 25.7 Å². The Balaban J connectivity index is 5.35. The van der Waals surface area contributed by atoms with Crippen LogP contribution in [-0.4, -0.2) is 96.7 Å². The summed E-state index contributed by atoms with van der Waals surface area (Å²) in [5.41, 5.74) is 0. The largest absolute Gasteiger partial charge is 0.472 e. The maximum atomic E-state index is 13.1. The lowest BCUT2D eigenvalue weighted by Crippen LogP contribution is -2.30. The van der Waals surface area contributed by atoms with E-state index in [1.807, 2.05) is 0 Å². The van der Waals surface area contributed by atoms with Crippen LogP contribution in [0.25, 0.3) is 0 Å². The van der Waals surface area contributed by atoms with Gasteiger partial charge in [0.1, 0.15) is 19.3 Å². The third kappa shape index (κ3) is 69.0. The number of allylic oxidation sites excluding steroid dienone is 12. The van der Waals surface area contributed by atoms with Crippen molar-refractivity contribution < 1.29 is 80.2 Å². The predicted molar refractivity (Wildman–Crippen MR) is 390 cm³/mol. The van der Waals surface area contributed by atoms with Crippen LogP contribution in [0.4, 0.5) is 0 Å². The summed E-state index contributed by atoms with van der Waals surface area (Å²) in [6.45, 7) is 4.71. The van der Waals surface area contributed by atoms with Gasteiger partial charge >= 0.3 is 39.5 Å². The van der Waals surface area contributed by atoms with E-state index in [0.717, 1.165) is 141 Å². The van der Waals surface area contributed by atoms with Crippen LogP contribution in [0, 0.1) is 0 Å². The molecule has 0 aromatic rings. The highest BCUT2D eigenvalue weighted by atomic mass is 31.2. The number of hydrogen-bond acceptors (Lipinski definition) is 15. The molecule has 0 rings (SSSR count). The Morgan fingerprint density at radius 1 is 0.302 bits per heavy atom. The fourth-order valence-corrected chi connectivity index (χ4v) is 11.9. The van der Waals surface area contributed by atoms with Gasteiger partial charge in [-0.3, -0.25) is 37.3 Å². The van der Waals surface area contributed by atoms with E-state index < -0.39 is 97.5 Å². The zero-order valence-corrected chi connectivity index (χ0v) is 62.6. The van der Waals surface area contributed by atoms with Gasteiger partial charge in [0.05, 0.1) is 26.4 Å². The first-order valence-electron chi connectivity index (χ1n) is 38.2. The van der Waals surface area contributed by atoms with Crippen molar-refractivity contribution in [2.45, 2.75) is 354 Å². The molecular formula is C77H138O17P2. The average molecular weight is 1400 g/mol. The van der Waals surface area contributed by atoms with E-state index in [9.17, 15) is 43.2 Å². The minimum atomic E-state index is -4.97. The third-order valence-electron chi connectivity index (χ3n) is 16.2. The first-order valence-corrected chi connectivity index (χ1v) is 41.2. The molecule has 5 atom stereocenters. The van der Waals surface area contributed by atoms with Gasteiger partial charge in [-0.1, -0.05) is 268 Å². The van der Waals surface area contributed by atoms with Gasteiger partial charge in [0.25, 0.3) is 0 Å². The van der Waals surface area contributed by atoms with Crippen molar-refractivity contribution in [2.24, 2.45) is 0 Å². The maximum absolute atomic E-state index is 13.1. The lowest BCUT2D eigenvalue weighted by Gasteiger charge is -2.21. The molecule has 0 aliphatic carbocycles. The fourth-order valence-electron chi connectivity index (χ4n) is 10.3. The van der Waals surface area contributed by atoms with Crippen LogP contribution in [-0.2, 0) is 65.4 Å². The van der Waals surface area contributed by atoms with Gasteiger partial charge in [0.2, 0.25) is 0 Å². The zero-order chi connectivity index (χ0) is 70.4. The van der Waals surface area contributed by atoms with Crippen molar-refractivity contribution in [3.8, 4) is 0 Å². The first-order chi connectivity index (χ1) is 46.7. The molecule has 0 heterocycles. The monoisotopic (exact) mass is 1400 g/mol. The summed E-state index contributed by atoms with van der Waals surface area (Å²) < 4.78 is 68.4. The molecule has 0 aliphatic heterocycles. The highest BCUT2D eigenvalue weighted by Crippen LogP contribution is 2.45. The number of esters is 4. The van der Waals surface area contributed by atoms with Gasteiger partial charge in [-0.25, -0.2) is 9.13 Å². The number of aliphatic hydroxyl groups excluding tert-OH is 1. The second kappa shape index (κ2) is 70.0. The van der Waals surface area contributed by atoms with Crippen LogP contribution in [0.15, 0.2) is 72.9 Å². The summed E-state index contributed by atoms with van der Waals surface area (Å²) in [5.74, 6) is -2.22. The highest BCUT2D eigenvalue weighted by molar-refractivity contribution is 7.47. The molecule has 0 aromatic heterocycles. The molecule has 5 unspecified atom stereocenters. The van der Waals surface area contributed by atoms with Gasteiger partial charge in [-0.05, 0) is 116 Å². The van der Waals surface area contributed by atoms with Gasteiger partial charge in [-0.2, -0.15) is 0 Å². The Morgan fingerprint density at radius 2 is 0.542 bits per heavy atom. The van der Waals surface area contributed by atoms with E-state index in [1.165, 1.54) is 116 Å². The molecule has 0 aromatic carbocycles.